The Morgan fingerprint density at radius 3 is 2.20 bits per heavy atom. The zero-order valence-corrected chi connectivity index (χ0v) is 10.3. The number of amides is 1. The highest BCUT2D eigenvalue weighted by molar-refractivity contribution is 5.88. The summed E-state index contributed by atoms with van der Waals surface area (Å²) in [4.78, 5) is 15.9. The molecule has 15 heavy (non-hydrogen) atoms. The number of hydrogen-bond acceptors (Lipinski definition) is 2. The summed E-state index contributed by atoms with van der Waals surface area (Å²) in [6, 6.07) is 0.640. The van der Waals surface area contributed by atoms with E-state index < -0.39 is 0 Å². The lowest BCUT2D eigenvalue weighted by atomic mass is 10.0. The summed E-state index contributed by atoms with van der Waals surface area (Å²) >= 11 is 0. The number of carbonyl (C=O) groups excluding carboxylic acids is 1. The van der Waals surface area contributed by atoms with Gasteiger partial charge in [-0.2, -0.15) is 0 Å². The van der Waals surface area contributed by atoms with Gasteiger partial charge in [-0.15, -0.1) is 0 Å². The van der Waals surface area contributed by atoms with Crippen LogP contribution < -0.4 is 0 Å². The highest BCUT2D eigenvalue weighted by Crippen LogP contribution is 2.14. The topological polar surface area (TPSA) is 23.6 Å². The number of carbonyl (C=O) groups is 1. The molecule has 1 amide bonds. The third-order valence-electron chi connectivity index (χ3n) is 2.92. The Balaban J connectivity index is 2.44. The Labute approximate surface area is 92.7 Å². The minimum Gasteiger partial charge on any atom is -0.339 e. The van der Waals surface area contributed by atoms with Crippen LogP contribution in [0.1, 0.15) is 26.7 Å². The lowest BCUT2D eigenvalue weighted by Crippen LogP contribution is -2.44. The van der Waals surface area contributed by atoms with Gasteiger partial charge in [0, 0.05) is 25.2 Å². The highest BCUT2D eigenvalue weighted by atomic mass is 16.2. The molecule has 0 bridgehead atoms. The van der Waals surface area contributed by atoms with Crippen molar-refractivity contribution >= 4 is 5.91 Å². The number of piperidine rings is 1. The summed E-state index contributed by atoms with van der Waals surface area (Å²) in [6.45, 7) is 5.71. The smallest absolute Gasteiger partial charge is 0.246 e. The molecule has 0 N–H and O–H groups in total. The second-order valence-electron chi connectivity index (χ2n) is 4.74. The van der Waals surface area contributed by atoms with Gasteiger partial charge in [-0.05, 0) is 40.8 Å². The maximum atomic E-state index is 11.7. The molecular formula is C12H22N2O. The summed E-state index contributed by atoms with van der Waals surface area (Å²) in [7, 11) is 4.22. The van der Waals surface area contributed by atoms with Gasteiger partial charge in [0.05, 0.1) is 0 Å². The fraction of sp³-hybridized carbons (Fsp3) is 0.750. The molecule has 0 radical (unpaired) electrons. The first-order chi connectivity index (χ1) is 7.00. The molecule has 1 fully saturated rings. The van der Waals surface area contributed by atoms with E-state index in [2.05, 4.69) is 19.0 Å². The molecule has 0 spiro atoms. The average Bonchev–Trinajstić information content (AvgIpc) is 2.17. The fourth-order valence-electron chi connectivity index (χ4n) is 1.94. The van der Waals surface area contributed by atoms with Crippen molar-refractivity contribution < 1.29 is 4.79 Å². The van der Waals surface area contributed by atoms with E-state index in [0.717, 1.165) is 31.5 Å². The van der Waals surface area contributed by atoms with Crippen LogP contribution in [0.25, 0.3) is 0 Å². The molecule has 0 aromatic carbocycles. The van der Waals surface area contributed by atoms with E-state index in [9.17, 15) is 4.79 Å². The quantitative estimate of drug-likeness (QED) is 0.645. The van der Waals surface area contributed by atoms with Crippen LogP contribution in [0.3, 0.4) is 0 Å². The molecule has 1 aliphatic rings. The molecule has 1 rings (SSSR count). The minimum atomic E-state index is 0.173. The molecule has 0 aromatic heterocycles. The minimum absolute atomic E-state index is 0.173. The van der Waals surface area contributed by atoms with Gasteiger partial charge in [0.1, 0.15) is 0 Å². The van der Waals surface area contributed by atoms with Crippen molar-refractivity contribution in [1.29, 1.82) is 0 Å². The van der Waals surface area contributed by atoms with Crippen LogP contribution in [-0.2, 0) is 4.79 Å². The zero-order valence-electron chi connectivity index (χ0n) is 10.3. The maximum Gasteiger partial charge on any atom is 0.246 e. The molecule has 3 heteroatoms. The summed E-state index contributed by atoms with van der Waals surface area (Å²) < 4.78 is 0. The second kappa shape index (κ2) is 5.31. The highest BCUT2D eigenvalue weighted by Gasteiger charge is 2.22. The van der Waals surface area contributed by atoms with Crippen LogP contribution in [0.5, 0.6) is 0 Å². The first-order valence-electron chi connectivity index (χ1n) is 5.61. The molecule has 86 valence electrons. The van der Waals surface area contributed by atoms with Crippen LogP contribution in [0, 0.1) is 0 Å². The van der Waals surface area contributed by atoms with Crippen molar-refractivity contribution in [3.63, 3.8) is 0 Å². The number of rotatable bonds is 2. The first kappa shape index (κ1) is 12.2. The van der Waals surface area contributed by atoms with Gasteiger partial charge in [0.15, 0.2) is 0 Å². The molecular weight excluding hydrogens is 188 g/mol. The number of likely N-dealkylation sites (tertiary alicyclic amines) is 1. The second-order valence-corrected chi connectivity index (χ2v) is 4.74. The van der Waals surface area contributed by atoms with Gasteiger partial charge in [0.2, 0.25) is 5.91 Å². The molecule has 0 unspecified atom stereocenters. The van der Waals surface area contributed by atoms with Crippen molar-refractivity contribution in [3.8, 4) is 0 Å². The van der Waals surface area contributed by atoms with Gasteiger partial charge in [-0.1, -0.05) is 5.57 Å². The first-order valence-corrected chi connectivity index (χ1v) is 5.61. The van der Waals surface area contributed by atoms with Gasteiger partial charge >= 0.3 is 0 Å². The Kier molecular flexibility index (Phi) is 4.33. The van der Waals surface area contributed by atoms with E-state index in [1.54, 1.807) is 6.08 Å². The Bertz CT molecular complexity index is 246. The summed E-state index contributed by atoms with van der Waals surface area (Å²) in [5.74, 6) is 0.173. The Morgan fingerprint density at radius 2 is 1.80 bits per heavy atom. The third-order valence-corrected chi connectivity index (χ3v) is 2.92. The van der Waals surface area contributed by atoms with Crippen molar-refractivity contribution in [1.82, 2.24) is 9.80 Å². The molecule has 1 saturated heterocycles. The largest absolute Gasteiger partial charge is 0.339 e. The summed E-state index contributed by atoms with van der Waals surface area (Å²) in [5.41, 5.74) is 1.08. The fourth-order valence-corrected chi connectivity index (χ4v) is 1.94. The standard InChI is InChI=1S/C12H22N2O/c1-10(2)9-12(15)14-7-5-11(6-8-14)13(3)4/h9,11H,5-8H2,1-4H3. The van der Waals surface area contributed by atoms with Crippen molar-refractivity contribution in [2.24, 2.45) is 0 Å². The molecule has 0 aliphatic carbocycles. The van der Waals surface area contributed by atoms with Gasteiger partial charge < -0.3 is 9.80 Å². The predicted molar refractivity (Wildman–Crippen MR) is 62.7 cm³/mol. The summed E-state index contributed by atoms with van der Waals surface area (Å²) in [6.07, 6.45) is 3.92. The molecule has 0 atom stereocenters. The number of hydrogen-bond donors (Lipinski definition) is 0. The molecule has 0 saturated carbocycles. The van der Waals surface area contributed by atoms with Crippen molar-refractivity contribution in [2.75, 3.05) is 27.2 Å². The SMILES string of the molecule is CC(C)=CC(=O)N1CCC(N(C)C)CC1. The number of nitrogens with zero attached hydrogens (tertiary/aromatic N) is 2. The van der Waals surface area contributed by atoms with Crippen LogP contribution in [0.15, 0.2) is 11.6 Å². The van der Waals surface area contributed by atoms with E-state index in [-0.39, 0.29) is 5.91 Å². The van der Waals surface area contributed by atoms with E-state index in [1.807, 2.05) is 18.7 Å². The van der Waals surface area contributed by atoms with E-state index >= 15 is 0 Å². The lowest BCUT2D eigenvalue weighted by molar-refractivity contribution is -0.127. The van der Waals surface area contributed by atoms with Gasteiger partial charge in [0.25, 0.3) is 0 Å². The van der Waals surface area contributed by atoms with Crippen LogP contribution in [0.4, 0.5) is 0 Å². The van der Waals surface area contributed by atoms with Crippen LogP contribution in [0.2, 0.25) is 0 Å². The van der Waals surface area contributed by atoms with Crippen LogP contribution in [-0.4, -0.2) is 48.9 Å². The molecule has 0 aromatic rings. The predicted octanol–water partition coefficient (Wildman–Crippen LogP) is 1.51. The average molecular weight is 210 g/mol. The lowest BCUT2D eigenvalue weighted by Gasteiger charge is -2.34. The van der Waals surface area contributed by atoms with E-state index in [4.69, 9.17) is 0 Å². The molecule has 1 heterocycles. The van der Waals surface area contributed by atoms with Gasteiger partial charge in [-0.3, -0.25) is 4.79 Å². The Hall–Kier alpha value is -0.830. The van der Waals surface area contributed by atoms with Crippen LogP contribution >= 0.6 is 0 Å². The third kappa shape index (κ3) is 3.67. The summed E-state index contributed by atoms with van der Waals surface area (Å²) in [5, 5.41) is 0. The zero-order chi connectivity index (χ0) is 11.4. The normalized spacial score (nSPS) is 18.1. The van der Waals surface area contributed by atoms with Crippen molar-refractivity contribution in [2.45, 2.75) is 32.7 Å². The van der Waals surface area contributed by atoms with E-state index in [1.165, 1.54) is 0 Å². The molecule has 1 aliphatic heterocycles. The maximum absolute atomic E-state index is 11.7. The van der Waals surface area contributed by atoms with E-state index in [0.29, 0.717) is 6.04 Å². The number of allylic oxidation sites excluding steroid dienone is 1. The van der Waals surface area contributed by atoms with Gasteiger partial charge in [-0.25, -0.2) is 0 Å². The van der Waals surface area contributed by atoms with Crippen molar-refractivity contribution in [3.05, 3.63) is 11.6 Å². The monoisotopic (exact) mass is 210 g/mol. The Morgan fingerprint density at radius 1 is 1.27 bits per heavy atom. The molecule has 3 nitrogen and oxygen atoms in total.